The highest BCUT2D eigenvalue weighted by atomic mass is 16.1. The number of carbonyl (C=O) groups is 1. The van der Waals surface area contributed by atoms with Gasteiger partial charge in [0.25, 0.3) is 5.91 Å². The van der Waals surface area contributed by atoms with Gasteiger partial charge in [-0.25, -0.2) is 4.98 Å². The number of benzene rings is 1. The van der Waals surface area contributed by atoms with Gasteiger partial charge in [0.2, 0.25) is 0 Å². The predicted molar refractivity (Wildman–Crippen MR) is 97.5 cm³/mol. The average molecular weight is 322 g/mol. The molecule has 0 atom stereocenters. The number of anilines is 1. The van der Waals surface area contributed by atoms with Crippen LogP contribution in [-0.2, 0) is 6.54 Å². The minimum atomic E-state index is -0.0795. The largest absolute Gasteiger partial charge is 0.362 e. The molecule has 0 aliphatic carbocycles. The Balaban J connectivity index is 1.56. The molecule has 0 radical (unpaired) electrons. The molecule has 0 aliphatic heterocycles. The number of para-hydroxylation sites is 1. The van der Waals surface area contributed by atoms with E-state index in [1.54, 1.807) is 18.3 Å². The smallest absolute Gasteiger partial charge is 0.255 e. The number of aromatic nitrogens is 2. The molecule has 3 aromatic rings. The van der Waals surface area contributed by atoms with Crippen molar-refractivity contribution in [3.8, 4) is 0 Å². The van der Waals surface area contributed by atoms with Crippen LogP contribution in [-0.4, -0.2) is 36.1 Å². The molecule has 2 heterocycles. The van der Waals surface area contributed by atoms with E-state index >= 15 is 0 Å². The van der Waals surface area contributed by atoms with Crippen LogP contribution in [0.2, 0.25) is 0 Å². The molecular weight excluding hydrogens is 300 g/mol. The van der Waals surface area contributed by atoms with E-state index in [1.165, 1.54) is 10.9 Å². The number of hydrogen-bond donors (Lipinski definition) is 1. The Hall–Kier alpha value is -2.82. The minimum Gasteiger partial charge on any atom is -0.362 e. The number of fused-ring (bicyclic) bond motifs is 1. The standard InChI is InChI=1S/C19H22N4O/c1-22(2)18-16(8-5-11-20-18)19(24)21-12-6-13-23-14-10-15-7-3-4-9-17(15)23/h3-5,7-11,14H,6,12-13H2,1-2H3,(H,21,24). The number of aryl methyl sites for hydroxylation is 1. The topological polar surface area (TPSA) is 50.2 Å². The first-order valence-corrected chi connectivity index (χ1v) is 8.11. The van der Waals surface area contributed by atoms with Gasteiger partial charge in [-0.05, 0) is 36.1 Å². The molecule has 124 valence electrons. The molecule has 0 saturated heterocycles. The van der Waals surface area contributed by atoms with E-state index < -0.39 is 0 Å². The maximum atomic E-state index is 12.4. The van der Waals surface area contributed by atoms with E-state index in [2.05, 4.69) is 39.3 Å². The Bertz CT molecular complexity index is 838. The molecule has 0 bridgehead atoms. The summed E-state index contributed by atoms with van der Waals surface area (Å²) in [6.45, 7) is 1.51. The fraction of sp³-hybridized carbons (Fsp3) is 0.263. The lowest BCUT2D eigenvalue weighted by Gasteiger charge is -2.15. The van der Waals surface area contributed by atoms with Crippen molar-refractivity contribution in [3.05, 3.63) is 60.4 Å². The van der Waals surface area contributed by atoms with Crippen molar-refractivity contribution >= 4 is 22.6 Å². The summed E-state index contributed by atoms with van der Waals surface area (Å²) < 4.78 is 2.22. The maximum Gasteiger partial charge on any atom is 0.255 e. The number of carbonyl (C=O) groups excluding carboxylic acids is 1. The van der Waals surface area contributed by atoms with Crippen molar-refractivity contribution in [2.24, 2.45) is 0 Å². The van der Waals surface area contributed by atoms with Crippen LogP contribution in [0.15, 0.2) is 54.9 Å². The van der Waals surface area contributed by atoms with Crippen molar-refractivity contribution in [1.82, 2.24) is 14.9 Å². The molecule has 0 spiro atoms. The summed E-state index contributed by atoms with van der Waals surface area (Å²) in [5.41, 5.74) is 1.83. The van der Waals surface area contributed by atoms with Gasteiger partial charge in [-0.15, -0.1) is 0 Å². The minimum absolute atomic E-state index is 0.0795. The predicted octanol–water partition coefficient (Wildman–Crippen LogP) is 2.92. The van der Waals surface area contributed by atoms with Gasteiger partial charge < -0.3 is 14.8 Å². The summed E-state index contributed by atoms with van der Waals surface area (Å²) in [5, 5.41) is 4.23. The third kappa shape index (κ3) is 3.40. The van der Waals surface area contributed by atoms with Crippen LogP contribution in [0.3, 0.4) is 0 Å². The molecule has 0 fully saturated rings. The van der Waals surface area contributed by atoms with Gasteiger partial charge >= 0.3 is 0 Å². The summed E-state index contributed by atoms with van der Waals surface area (Å²) in [5.74, 6) is 0.607. The number of nitrogens with one attached hydrogen (secondary N) is 1. The van der Waals surface area contributed by atoms with Crippen LogP contribution in [0.5, 0.6) is 0 Å². The number of nitrogens with zero attached hydrogens (tertiary/aromatic N) is 3. The second kappa shape index (κ2) is 7.17. The van der Waals surface area contributed by atoms with E-state index in [9.17, 15) is 4.79 Å². The molecule has 1 amide bonds. The third-order valence-corrected chi connectivity index (χ3v) is 4.00. The molecular formula is C19H22N4O. The van der Waals surface area contributed by atoms with Crippen LogP contribution in [0, 0.1) is 0 Å². The van der Waals surface area contributed by atoms with Crippen LogP contribution in [0.4, 0.5) is 5.82 Å². The van der Waals surface area contributed by atoms with Crippen molar-refractivity contribution < 1.29 is 4.79 Å². The van der Waals surface area contributed by atoms with E-state index in [0.29, 0.717) is 17.9 Å². The number of pyridine rings is 1. The van der Waals surface area contributed by atoms with Crippen LogP contribution < -0.4 is 10.2 Å². The Labute approximate surface area is 141 Å². The zero-order valence-electron chi connectivity index (χ0n) is 14.1. The van der Waals surface area contributed by atoms with E-state index in [4.69, 9.17) is 0 Å². The SMILES string of the molecule is CN(C)c1ncccc1C(=O)NCCCn1ccc2ccccc21. The Kier molecular flexibility index (Phi) is 4.79. The molecule has 0 saturated carbocycles. The first-order chi connectivity index (χ1) is 11.7. The zero-order chi connectivity index (χ0) is 16.9. The number of hydrogen-bond acceptors (Lipinski definition) is 3. The van der Waals surface area contributed by atoms with Gasteiger partial charge in [0.15, 0.2) is 0 Å². The lowest BCUT2D eigenvalue weighted by Crippen LogP contribution is -2.27. The van der Waals surface area contributed by atoms with Gasteiger partial charge in [-0.2, -0.15) is 0 Å². The van der Waals surface area contributed by atoms with Gasteiger partial charge in [-0.1, -0.05) is 18.2 Å². The van der Waals surface area contributed by atoms with Crippen molar-refractivity contribution in [2.75, 3.05) is 25.5 Å². The molecule has 24 heavy (non-hydrogen) atoms. The fourth-order valence-electron chi connectivity index (χ4n) is 2.81. The highest BCUT2D eigenvalue weighted by molar-refractivity contribution is 5.98. The molecule has 0 unspecified atom stereocenters. The monoisotopic (exact) mass is 322 g/mol. The summed E-state index contributed by atoms with van der Waals surface area (Å²) in [4.78, 5) is 18.5. The van der Waals surface area contributed by atoms with E-state index in [-0.39, 0.29) is 5.91 Å². The molecule has 1 aromatic carbocycles. The lowest BCUT2D eigenvalue weighted by atomic mass is 10.2. The Morgan fingerprint density at radius 2 is 2.00 bits per heavy atom. The quantitative estimate of drug-likeness (QED) is 0.710. The van der Waals surface area contributed by atoms with Crippen LogP contribution in [0.25, 0.3) is 10.9 Å². The Morgan fingerprint density at radius 3 is 2.83 bits per heavy atom. The molecule has 0 aliphatic rings. The summed E-state index contributed by atoms with van der Waals surface area (Å²) in [6, 6.07) is 14.0. The van der Waals surface area contributed by atoms with Gasteiger partial charge in [-0.3, -0.25) is 4.79 Å². The van der Waals surface area contributed by atoms with E-state index in [1.807, 2.05) is 31.1 Å². The highest BCUT2D eigenvalue weighted by Crippen LogP contribution is 2.16. The molecule has 5 nitrogen and oxygen atoms in total. The normalized spacial score (nSPS) is 10.8. The molecule has 5 heteroatoms. The average Bonchev–Trinajstić information content (AvgIpc) is 3.01. The first-order valence-electron chi connectivity index (χ1n) is 8.11. The molecule has 2 aromatic heterocycles. The fourth-order valence-corrected chi connectivity index (χ4v) is 2.81. The molecule has 1 N–H and O–H groups in total. The second-order valence-corrected chi connectivity index (χ2v) is 5.95. The van der Waals surface area contributed by atoms with Crippen molar-refractivity contribution in [3.63, 3.8) is 0 Å². The van der Waals surface area contributed by atoms with Gasteiger partial charge in [0.1, 0.15) is 5.82 Å². The maximum absolute atomic E-state index is 12.4. The summed E-state index contributed by atoms with van der Waals surface area (Å²) >= 11 is 0. The Morgan fingerprint density at radius 1 is 1.17 bits per heavy atom. The van der Waals surface area contributed by atoms with Crippen LogP contribution >= 0.6 is 0 Å². The van der Waals surface area contributed by atoms with Gasteiger partial charge in [0, 0.05) is 45.1 Å². The summed E-state index contributed by atoms with van der Waals surface area (Å²) in [7, 11) is 3.77. The number of amides is 1. The lowest BCUT2D eigenvalue weighted by molar-refractivity contribution is 0.0953. The molecule has 3 rings (SSSR count). The highest BCUT2D eigenvalue weighted by Gasteiger charge is 2.12. The second-order valence-electron chi connectivity index (χ2n) is 5.95. The zero-order valence-corrected chi connectivity index (χ0v) is 14.1. The van der Waals surface area contributed by atoms with Crippen LogP contribution in [0.1, 0.15) is 16.8 Å². The number of rotatable bonds is 6. The first kappa shape index (κ1) is 16.1. The van der Waals surface area contributed by atoms with E-state index in [0.717, 1.165) is 13.0 Å². The van der Waals surface area contributed by atoms with Crippen molar-refractivity contribution in [1.29, 1.82) is 0 Å². The third-order valence-electron chi connectivity index (χ3n) is 4.00. The summed E-state index contributed by atoms with van der Waals surface area (Å²) in [6.07, 6.45) is 4.67. The van der Waals surface area contributed by atoms with Gasteiger partial charge in [0.05, 0.1) is 5.56 Å². The van der Waals surface area contributed by atoms with Crippen molar-refractivity contribution in [2.45, 2.75) is 13.0 Å².